The van der Waals surface area contributed by atoms with Gasteiger partial charge in [-0.05, 0) is 31.7 Å². The van der Waals surface area contributed by atoms with Gasteiger partial charge in [0.2, 0.25) is 5.89 Å². The zero-order valence-electron chi connectivity index (χ0n) is 9.07. The average Bonchev–Trinajstić information content (AvgIpc) is 2.83. The molecule has 1 aliphatic heterocycles. The Morgan fingerprint density at radius 1 is 1.40 bits per heavy atom. The van der Waals surface area contributed by atoms with Crippen molar-refractivity contribution >= 4 is 0 Å². The molecule has 1 N–H and O–H groups in total. The van der Waals surface area contributed by atoms with Crippen molar-refractivity contribution in [2.45, 2.75) is 44.6 Å². The fourth-order valence-corrected chi connectivity index (χ4v) is 2.28. The first-order valence-electron chi connectivity index (χ1n) is 5.91. The SMILES string of the molecule is CC1CC1c1noc(C2CCCCN2)n1. The Morgan fingerprint density at radius 2 is 2.27 bits per heavy atom. The molecule has 15 heavy (non-hydrogen) atoms. The third kappa shape index (κ3) is 1.78. The lowest BCUT2D eigenvalue weighted by molar-refractivity contribution is 0.296. The first-order valence-corrected chi connectivity index (χ1v) is 5.91. The summed E-state index contributed by atoms with van der Waals surface area (Å²) in [7, 11) is 0. The summed E-state index contributed by atoms with van der Waals surface area (Å²) >= 11 is 0. The van der Waals surface area contributed by atoms with Gasteiger partial charge in [0.15, 0.2) is 5.82 Å². The molecule has 4 nitrogen and oxygen atoms in total. The van der Waals surface area contributed by atoms with Gasteiger partial charge in [0.25, 0.3) is 0 Å². The Morgan fingerprint density at radius 3 is 2.93 bits per heavy atom. The highest BCUT2D eigenvalue weighted by Crippen LogP contribution is 2.45. The molecule has 0 amide bonds. The monoisotopic (exact) mass is 207 g/mol. The van der Waals surface area contributed by atoms with Crippen LogP contribution in [0.1, 0.15) is 56.3 Å². The van der Waals surface area contributed by atoms with Crippen LogP contribution < -0.4 is 5.32 Å². The van der Waals surface area contributed by atoms with Gasteiger partial charge in [-0.3, -0.25) is 0 Å². The van der Waals surface area contributed by atoms with Crippen molar-refractivity contribution in [2.75, 3.05) is 6.54 Å². The third-order valence-electron chi connectivity index (χ3n) is 3.51. The van der Waals surface area contributed by atoms with Gasteiger partial charge in [-0.25, -0.2) is 0 Å². The fourth-order valence-electron chi connectivity index (χ4n) is 2.28. The molecule has 1 saturated heterocycles. The minimum absolute atomic E-state index is 0.300. The minimum Gasteiger partial charge on any atom is -0.338 e. The highest BCUT2D eigenvalue weighted by molar-refractivity contribution is 5.08. The maximum absolute atomic E-state index is 5.33. The van der Waals surface area contributed by atoms with E-state index < -0.39 is 0 Å². The maximum Gasteiger partial charge on any atom is 0.243 e. The summed E-state index contributed by atoms with van der Waals surface area (Å²) in [6.45, 7) is 3.31. The lowest BCUT2D eigenvalue weighted by atomic mass is 10.1. The van der Waals surface area contributed by atoms with Crippen LogP contribution in [0.2, 0.25) is 0 Å². The molecule has 82 valence electrons. The van der Waals surface area contributed by atoms with Gasteiger partial charge in [0, 0.05) is 5.92 Å². The van der Waals surface area contributed by atoms with Crippen LogP contribution in [0.15, 0.2) is 4.52 Å². The molecule has 4 heteroatoms. The summed E-state index contributed by atoms with van der Waals surface area (Å²) in [5, 5.41) is 7.50. The Bertz CT molecular complexity index is 343. The molecule has 1 saturated carbocycles. The van der Waals surface area contributed by atoms with Gasteiger partial charge >= 0.3 is 0 Å². The molecule has 0 radical (unpaired) electrons. The van der Waals surface area contributed by atoms with Crippen LogP contribution in [-0.4, -0.2) is 16.7 Å². The molecular weight excluding hydrogens is 190 g/mol. The van der Waals surface area contributed by atoms with Gasteiger partial charge in [-0.2, -0.15) is 4.98 Å². The van der Waals surface area contributed by atoms with E-state index in [2.05, 4.69) is 22.4 Å². The first kappa shape index (κ1) is 9.33. The normalized spacial score (nSPS) is 35.4. The summed E-state index contributed by atoms with van der Waals surface area (Å²) in [5.41, 5.74) is 0. The highest BCUT2D eigenvalue weighted by atomic mass is 16.5. The fraction of sp³-hybridized carbons (Fsp3) is 0.818. The van der Waals surface area contributed by atoms with Crippen molar-refractivity contribution in [3.05, 3.63) is 11.7 Å². The molecule has 3 atom stereocenters. The molecule has 0 spiro atoms. The molecule has 2 heterocycles. The largest absolute Gasteiger partial charge is 0.338 e. The standard InChI is InChI=1S/C11H17N3O/c1-7-6-8(7)10-13-11(15-14-10)9-4-2-3-5-12-9/h7-9,12H,2-6H2,1H3. The van der Waals surface area contributed by atoms with E-state index in [4.69, 9.17) is 4.52 Å². The predicted molar refractivity (Wildman–Crippen MR) is 55.4 cm³/mol. The smallest absolute Gasteiger partial charge is 0.243 e. The average molecular weight is 207 g/mol. The second-order valence-corrected chi connectivity index (χ2v) is 4.81. The topological polar surface area (TPSA) is 51.0 Å². The van der Waals surface area contributed by atoms with E-state index in [0.29, 0.717) is 12.0 Å². The Labute approximate surface area is 89.4 Å². The van der Waals surface area contributed by atoms with Gasteiger partial charge in [0.1, 0.15) is 0 Å². The van der Waals surface area contributed by atoms with Crippen LogP contribution in [0.4, 0.5) is 0 Å². The van der Waals surface area contributed by atoms with E-state index >= 15 is 0 Å². The van der Waals surface area contributed by atoms with Crippen molar-refractivity contribution in [1.82, 2.24) is 15.5 Å². The summed E-state index contributed by atoms with van der Waals surface area (Å²) in [4.78, 5) is 4.51. The van der Waals surface area contributed by atoms with E-state index in [1.54, 1.807) is 0 Å². The molecule has 0 bridgehead atoms. The van der Waals surface area contributed by atoms with Crippen LogP contribution in [0.25, 0.3) is 0 Å². The van der Waals surface area contributed by atoms with E-state index in [-0.39, 0.29) is 0 Å². The first-order chi connectivity index (χ1) is 7.34. The van der Waals surface area contributed by atoms with E-state index in [9.17, 15) is 0 Å². The Hall–Kier alpha value is -0.900. The van der Waals surface area contributed by atoms with Crippen molar-refractivity contribution in [1.29, 1.82) is 0 Å². The molecule has 2 aliphatic rings. The maximum atomic E-state index is 5.33. The molecule has 2 fully saturated rings. The molecule has 3 unspecified atom stereocenters. The predicted octanol–water partition coefficient (Wildman–Crippen LogP) is 2.01. The van der Waals surface area contributed by atoms with E-state index in [1.165, 1.54) is 19.3 Å². The van der Waals surface area contributed by atoms with Crippen LogP contribution in [0, 0.1) is 5.92 Å². The number of nitrogens with one attached hydrogen (secondary N) is 1. The van der Waals surface area contributed by atoms with Crippen LogP contribution in [0.3, 0.4) is 0 Å². The number of hydrogen-bond donors (Lipinski definition) is 1. The Balaban J connectivity index is 1.72. The molecule has 1 aromatic heterocycles. The zero-order valence-corrected chi connectivity index (χ0v) is 9.07. The van der Waals surface area contributed by atoms with Gasteiger partial charge in [-0.1, -0.05) is 18.5 Å². The number of rotatable bonds is 2. The quantitative estimate of drug-likeness (QED) is 0.806. The Kier molecular flexibility index (Phi) is 2.24. The summed E-state index contributed by atoms with van der Waals surface area (Å²) < 4.78 is 5.33. The minimum atomic E-state index is 0.300. The van der Waals surface area contributed by atoms with Crippen LogP contribution >= 0.6 is 0 Å². The van der Waals surface area contributed by atoms with Crippen molar-refractivity contribution in [3.8, 4) is 0 Å². The molecule has 0 aromatic carbocycles. The zero-order chi connectivity index (χ0) is 10.3. The number of hydrogen-bond acceptors (Lipinski definition) is 4. The van der Waals surface area contributed by atoms with Crippen LogP contribution in [0.5, 0.6) is 0 Å². The van der Waals surface area contributed by atoms with E-state index in [1.807, 2.05) is 0 Å². The van der Waals surface area contributed by atoms with Crippen molar-refractivity contribution < 1.29 is 4.52 Å². The molecule has 1 aliphatic carbocycles. The van der Waals surface area contributed by atoms with Gasteiger partial charge < -0.3 is 9.84 Å². The number of nitrogens with zero attached hydrogens (tertiary/aromatic N) is 2. The van der Waals surface area contributed by atoms with Crippen molar-refractivity contribution in [2.24, 2.45) is 5.92 Å². The summed E-state index contributed by atoms with van der Waals surface area (Å²) in [6.07, 6.45) is 4.87. The second kappa shape index (κ2) is 3.59. The summed E-state index contributed by atoms with van der Waals surface area (Å²) in [6, 6.07) is 0.300. The van der Waals surface area contributed by atoms with Crippen molar-refractivity contribution in [3.63, 3.8) is 0 Å². The molecule has 3 rings (SSSR count). The molecule has 1 aromatic rings. The van der Waals surface area contributed by atoms with Crippen LogP contribution in [-0.2, 0) is 0 Å². The third-order valence-corrected chi connectivity index (χ3v) is 3.51. The number of aromatic nitrogens is 2. The molecular formula is C11H17N3O. The summed E-state index contributed by atoms with van der Waals surface area (Å²) in [5.74, 6) is 3.02. The lowest BCUT2D eigenvalue weighted by Gasteiger charge is -2.19. The lowest BCUT2D eigenvalue weighted by Crippen LogP contribution is -2.26. The van der Waals surface area contributed by atoms with Gasteiger partial charge in [-0.15, -0.1) is 0 Å². The van der Waals surface area contributed by atoms with Gasteiger partial charge in [0.05, 0.1) is 6.04 Å². The number of piperidine rings is 1. The second-order valence-electron chi connectivity index (χ2n) is 4.81. The van der Waals surface area contributed by atoms with E-state index in [0.717, 1.165) is 30.6 Å². The highest BCUT2D eigenvalue weighted by Gasteiger charge is 2.38.